The lowest BCUT2D eigenvalue weighted by Gasteiger charge is -2.14. The summed E-state index contributed by atoms with van der Waals surface area (Å²) >= 11 is 3.29. The molecule has 1 aromatic rings. The van der Waals surface area contributed by atoms with Crippen LogP contribution in [0.5, 0.6) is 0 Å². The molecule has 0 heterocycles. The van der Waals surface area contributed by atoms with Gasteiger partial charge in [0.15, 0.2) is 5.25 Å². The summed E-state index contributed by atoms with van der Waals surface area (Å²) in [5.41, 5.74) is 1.19. The third-order valence-electron chi connectivity index (χ3n) is 2.44. The summed E-state index contributed by atoms with van der Waals surface area (Å²) in [5, 5.41) is -1.26. The summed E-state index contributed by atoms with van der Waals surface area (Å²) in [5.74, 6) is -0.794. The summed E-state index contributed by atoms with van der Waals surface area (Å²) in [6.45, 7) is 3.05. The molecule has 5 nitrogen and oxygen atoms in total. The molecule has 0 saturated heterocycles. The molecule has 1 aromatic carbocycles. The van der Waals surface area contributed by atoms with Gasteiger partial charge in [-0.25, -0.2) is 8.42 Å². The van der Waals surface area contributed by atoms with Crippen LogP contribution in [0.1, 0.15) is 12.5 Å². The Hall–Kier alpha value is -1.08. The maximum Gasteiger partial charge on any atom is 0.325 e. The summed E-state index contributed by atoms with van der Waals surface area (Å²) in [6, 6.07) is 5.12. The van der Waals surface area contributed by atoms with E-state index in [4.69, 9.17) is 0 Å². The standard InChI is InChI=1S/C11H14BrNO4S/c1-7-6-9(12)4-5-10(7)13-18(15,16)8(2)11(14)17-3/h4-6,8,13H,1-3H3. The van der Waals surface area contributed by atoms with Crippen molar-refractivity contribution in [1.82, 2.24) is 0 Å². The Labute approximate surface area is 115 Å². The van der Waals surface area contributed by atoms with E-state index in [-0.39, 0.29) is 0 Å². The molecule has 0 fully saturated rings. The third-order valence-corrected chi connectivity index (χ3v) is 4.56. The minimum atomic E-state index is -3.80. The molecule has 18 heavy (non-hydrogen) atoms. The van der Waals surface area contributed by atoms with Crippen molar-refractivity contribution in [3.05, 3.63) is 28.2 Å². The van der Waals surface area contributed by atoms with Gasteiger partial charge in [0.2, 0.25) is 10.0 Å². The van der Waals surface area contributed by atoms with Gasteiger partial charge in [-0.2, -0.15) is 0 Å². The van der Waals surface area contributed by atoms with E-state index in [9.17, 15) is 13.2 Å². The first-order valence-corrected chi connectivity index (χ1v) is 7.47. The number of ether oxygens (including phenoxy) is 1. The van der Waals surface area contributed by atoms with Crippen molar-refractivity contribution in [3.63, 3.8) is 0 Å². The van der Waals surface area contributed by atoms with Crippen molar-refractivity contribution in [1.29, 1.82) is 0 Å². The Morgan fingerprint density at radius 2 is 2.06 bits per heavy atom. The van der Waals surface area contributed by atoms with Crippen LogP contribution in [0, 0.1) is 6.92 Å². The van der Waals surface area contributed by atoms with Crippen LogP contribution < -0.4 is 4.72 Å². The van der Waals surface area contributed by atoms with E-state index in [1.807, 2.05) is 0 Å². The molecule has 0 spiro atoms. The SMILES string of the molecule is COC(=O)C(C)S(=O)(=O)Nc1ccc(Br)cc1C. The number of benzene rings is 1. The fourth-order valence-electron chi connectivity index (χ4n) is 1.28. The van der Waals surface area contributed by atoms with Crippen LogP contribution in [-0.2, 0) is 19.6 Å². The highest BCUT2D eigenvalue weighted by molar-refractivity contribution is 9.10. The second-order valence-electron chi connectivity index (χ2n) is 3.77. The molecule has 0 saturated carbocycles. The summed E-state index contributed by atoms with van der Waals surface area (Å²) in [6.07, 6.45) is 0. The summed E-state index contributed by atoms with van der Waals surface area (Å²) < 4.78 is 31.5. The van der Waals surface area contributed by atoms with Gasteiger partial charge in [0.25, 0.3) is 0 Å². The predicted octanol–water partition coefficient (Wildman–Crippen LogP) is 2.06. The smallest absolute Gasteiger partial charge is 0.325 e. The monoisotopic (exact) mass is 335 g/mol. The fraction of sp³-hybridized carbons (Fsp3) is 0.364. The minimum Gasteiger partial charge on any atom is -0.468 e. The molecule has 0 amide bonds. The topological polar surface area (TPSA) is 72.5 Å². The van der Waals surface area contributed by atoms with E-state index in [1.54, 1.807) is 25.1 Å². The molecule has 7 heteroatoms. The lowest BCUT2D eigenvalue weighted by Crippen LogP contribution is -2.33. The van der Waals surface area contributed by atoms with E-state index < -0.39 is 21.2 Å². The van der Waals surface area contributed by atoms with Gasteiger partial charge in [0, 0.05) is 4.47 Å². The normalized spacial score (nSPS) is 12.9. The maximum atomic E-state index is 11.9. The average molecular weight is 336 g/mol. The molecule has 0 aromatic heterocycles. The molecule has 0 bridgehead atoms. The van der Waals surface area contributed by atoms with Gasteiger partial charge in [0.1, 0.15) is 0 Å². The van der Waals surface area contributed by atoms with Crippen molar-refractivity contribution in [2.24, 2.45) is 0 Å². The van der Waals surface area contributed by atoms with E-state index in [2.05, 4.69) is 25.4 Å². The molecule has 1 rings (SSSR count). The zero-order chi connectivity index (χ0) is 13.9. The third kappa shape index (κ3) is 3.46. The number of halogens is 1. The Bertz CT molecular complexity index is 556. The van der Waals surface area contributed by atoms with Crippen molar-refractivity contribution in [2.75, 3.05) is 11.8 Å². The Kier molecular flexibility index (Phi) is 4.75. The molecular weight excluding hydrogens is 322 g/mol. The van der Waals surface area contributed by atoms with Gasteiger partial charge in [0.05, 0.1) is 12.8 Å². The molecule has 1 atom stereocenters. The molecular formula is C11H14BrNO4S. The zero-order valence-electron chi connectivity index (χ0n) is 10.2. The molecule has 0 aliphatic heterocycles. The van der Waals surface area contributed by atoms with Crippen molar-refractivity contribution in [2.45, 2.75) is 19.1 Å². The Balaban J connectivity index is 2.99. The number of sulfonamides is 1. The largest absolute Gasteiger partial charge is 0.468 e. The van der Waals surface area contributed by atoms with Crippen LogP contribution in [0.2, 0.25) is 0 Å². The van der Waals surface area contributed by atoms with Crippen LogP contribution in [0.15, 0.2) is 22.7 Å². The van der Waals surface area contributed by atoms with Gasteiger partial charge in [-0.3, -0.25) is 9.52 Å². The number of nitrogens with one attached hydrogen (secondary N) is 1. The summed E-state index contributed by atoms with van der Waals surface area (Å²) in [7, 11) is -2.65. The minimum absolute atomic E-state index is 0.439. The van der Waals surface area contributed by atoms with Crippen LogP contribution in [-0.4, -0.2) is 26.7 Å². The van der Waals surface area contributed by atoms with Gasteiger partial charge >= 0.3 is 5.97 Å². The Morgan fingerprint density at radius 3 is 2.56 bits per heavy atom. The lowest BCUT2D eigenvalue weighted by atomic mass is 10.2. The highest BCUT2D eigenvalue weighted by Crippen LogP contribution is 2.22. The molecule has 0 aliphatic rings. The van der Waals surface area contributed by atoms with Crippen molar-refractivity contribution < 1.29 is 17.9 Å². The van der Waals surface area contributed by atoms with Crippen LogP contribution >= 0.6 is 15.9 Å². The molecule has 1 unspecified atom stereocenters. The number of carbonyl (C=O) groups excluding carboxylic acids is 1. The fourth-order valence-corrected chi connectivity index (χ4v) is 2.81. The first-order valence-electron chi connectivity index (χ1n) is 5.13. The highest BCUT2D eigenvalue weighted by atomic mass is 79.9. The summed E-state index contributed by atoms with van der Waals surface area (Å²) in [4.78, 5) is 11.2. The number of esters is 1. The van der Waals surface area contributed by atoms with Crippen LogP contribution in [0.25, 0.3) is 0 Å². The van der Waals surface area contributed by atoms with Crippen molar-refractivity contribution >= 4 is 37.6 Å². The van der Waals surface area contributed by atoms with Crippen molar-refractivity contribution in [3.8, 4) is 0 Å². The number of methoxy groups -OCH3 is 1. The molecule has 0 radical (unpaired) electrons. The number of hydrogen-bond acceptors (Lipinski definition) is 4. The van der Waals surface area contributed by atoms with Gasteiger partial charge in [-0.05, 0) is 37.6 Å². The quantitative estimate of drug-likeness (QED) is 0.855. The number of hydrogen-bond donors (Lipinski definition) is 1. The molecule has 0 aliphatic carbocycles. The van der Waals surface area contributed by atoms with Gasteiger partial charge < -0.3 is 4.74 Å². The number of anilines is 1. The first kappa shape index (κ1) is 15.0. The van der Waals surface area contributed by atoms with E-state index in [0.717, 1.165) is 17.1 Å². The highest BCUT2D eigenvalue weighted by Gasteiger charge is 2.29. The number of aryl methyl sites for hydroxylation is 1. The zero-order valence-corrected chi connectivity index (χ0v) is 12.6. The average Bonchev–Trinajstić information content (AvgIpc) is 2.30. The maximum absolute atomic E-state index is 11.9. The van der Waals surface area contributed by atoms with E-state index >= 15 is 0 Å². The first-order chi connectivity index (χ1) is 8.27. The van der Waals surface area contributed by atoms with Gasteiger partial charge in [-0.15, -0.1) is 0 Å². The van der Waals surface area contributed by atoms with Crippen LogP contribution in [0.4, 0.5) is 5.69 Å². The molecule has 100 valence electrons. The second-order valence-corrected chi connectivity index (χ2v) is 6.69. The van der Waals surface area contributed by atoms with E-state index in [0.29, 0.717) is 5.69 Å². The molecule has 1 N–H and O–H groups in total. The number of carbonyl (C=O) groups is 1. The van der Waals surface area contributed by atoms with Gasteiger partial charge in [-0.1, -0.05) is 15.9 Å². The van der Waals surface area contributed by atoms with Crippen LogP contribution in [0.3, 0.4) is 0 Å². The number of rotatable bonds is 4. The second kappa shape index (κ2) is 5.71. The Morgan fingerprint density at radius 1 is 1.44 bits per heavy atom. The van der Waals surface area contributed by atoms with E-state index in [1.165, 1.54) is 6.92 Å². The predicted molar refractivity (Wildman–Crippen MR) is 72.9 cm³/mol. The lowest BCUT2D eigenvalue weighted by molar-refractivity contribution is -0.139.